The standard InChI is InChI=1S/C20H19N3O2S2/c1-25-19-13(20(24)21-9-10-26-2)7-8-14-17(19)18(23-22-14)16-11-12-5-3-4-6-15(12)27-16/h3-8,11H,9-10H2,1-2H3,(H,21,24)(H,22,23). The molecule has 0 saturated heterocycles. The van der Waals surface area contributed by atoms with E-state index in [-0.39, 0.29) is 5.91 Å². The Morgan fingerprint density at radius 3 is 2.93 bits per heavy atom. The van der Waals surface area contributed by atoms with Gasteiger partial charge in [-0.2, -0.15) is 16.9 Å². The van der Waals surface area contributed by atoms with Crippen molar-refractivity contribution < 1.29 is 9.53 Å². The lowest BCUT2D eigenvalue weighted by Crippen LogP contribution is -2.26. The van der Waals surface area contributed by atoms with Gasteiger partial charge in [-0.3, -0.25) is 9.89 Å². The number of carbonyl (C=O) groups excluding carboxylic acids is 1. The van der Waals surface area contributed by atoms with Crippen LogP contribution in [0, 0.1) is 0 Å². The summed E-state index contributed by atoms with van der Waals surface area (Å²) in [4.78, 5) is 13.7. The number of thioether (sulfide) groups is 1. The number of ether oxygens (including phenoxy) is 1. The fourth-order valence-electron chi connectivity index (χ4n) is 3.12. The van der Waals surface area contributed by atoms with E-state index in [4.69, 9.17) is 4.74 Å². The molecule has 2 N–H and O–H groups in total. The molecule has 138 valence electrons. The van der Waals surface area contributed by atoms with Crippen LogP contribution in [-0.4, -0.2) is 41.8 Å². The third kappa shape index (κ3) is 3.28. The molecule has 0 unspecified atom stereocenters. The average molecular weight is 398 g/mol. The number of H-pyrrole nitrogens is 1. The first kappa shape index (κ1) is 17.9. The summed E-state index contributed by atoms with van der Waals surface area (Å²) in [6.07, 6.45) is 2.02. The molecule has 4 rings (SSSR count). The molecule has 2 heterocycles. The third-order valence-electron chi connectivity index (χ3n) is 4.39. The Morgan fingerprint density at radius 1 is 1.30 bits per heavy atom. The highest BCUT2D eigenvalue weighted by atomic mass is 32.2. The van der Waals surface area contributed by atoms with Crippen LogP contribution in [0.3, 0.4) is 0 Å². The van der Waals surface area contributed by atoms with Crippen molar-refractivity contribution >= 4 is 50.0 Å². The molecule has 0 fully saturated rings. The Kier molecular flexibility index (Phi) is 5.05. The number of aromatic amines is 1. The maximum Gasteiger partial charge on any atom is 0.255 e. The van der Waals surface area contributed by atoms with E-state index >= 15 is 0 Å². The average Bonchev–Trinajstić information content (AvgIpc) is 3.30. The Balaban J connectivity index is 1.82. The first-order chi connectivity index (χ1) is 13.2. The number of hydrogen-bond donors (Lipinski definition) is 2. The zero-order chi connectivity index (χ0) is 18.8. The second-order valence-corrected chi connectivity index (χ2v) is 8.11. The molecule has 27 heavy (non-hydrogen) atoms. The van der Waals surface area contributed by atoms with Gasteiger partial charge in [0.15, 0.2) is 0 Å². The second kappa shape index (κ2) is 7.62. The minimum absolute atomic E-state index is 0.133. The molecular weight excluding hydrogens is 378 g/mol. The second-order valence-electron chi connectivity index (χ2n) is 6.04. The maximum atomic E-state index is 12.6. The highest BCUT2D eigenvalue weighted by molar-refractivity contribution is 7.98. The number of benzene rings is 2. The minimum Gasteiger partial charge on any atom is -0.495 e. The van der Waals surface area contributed by atoms with Crippen molar-refractivity contribution in [1.29, 1.82) is 0 Å². The lowest BCUT2D eigenvalue weighted by molar-refractivity contribution is 0.0953. The number of fused-ring (bicyclic) bond motifs is 2. The van der Waals surface area contributed by atoms with Crippen LogP contribution in [0.5, 0.6) is 5.75 Å². The summed E-state index contributed by atoms with van der Waals surface area (Å²) in [7, 11) is 1.59. The van der Waals surface area contributed by atoms with Gasteiger partial charge in [-0.15, -0.1) is 11.3 Å². The number of aromatic nitrogens is 2. The minimum atomic E-state index is -0.133. The summed E-state index contributed by atoms with van der Waals surface area (Å²) in [5, 5.41) is 12.5. The molecule has 2 aromatic heterocycles. The molecule has 0 radical (unpaired) electrons. The van der Waals surface area contributed by atoms with Gasteiger partial charge in [0.2, 0.25) is 0 Å². The molecule has 0 atom stereocenters. The van der Waals surface area contributed by atoms with Gasteiger partial charge in [-0.05, 0) is 35.9 Å². The molecule has 0 aliphatic rings. The normalized spacial score (nSPS) is 11.2. The Hall–Kier alpha value is -2.51. The van der Waals surface area contributed by atoms with E-state index < -0.39 is 0 Å². The summed E-state index contributed by atoms with van der Waals surface area (Å²) >= 11 is 3.38. The zero-order valence-corrected chi connectivity index (χ0v) is 16.7. The lowest BCUT2D eigenvalue weighted by Gasteiger charge is -2.10. The third-order valence-corrected chi connectivity index (χ3v) is 6.13. The monoisotopic (exact) mass is 397 g/mol. The molecule has 1 amide bonds. The molecule has 0 saturated carbocycles. The predicted octanol–water partition coefficient (Wildman–Crippen LogP) is 4.55. The summed E-state index contributed by atoms with van der Waals surface area (Å²) in [6, 6.07) is 14.0. The smallest absolute Gasteiger partial charge is 0.255 e. The van der Waals surface area contributed by atoms with Gasteiger partial charge in [0, 0.05) is 17.0 Å². The van der Waals surface area contributed by atoms with Crippen LogP contribution in [0.15, 0.2) is 42.5 Å². The van der Waals surface area contributed by atoms with E-state index in [1.807, 2.05) is 24.5 Å². The van der Waals surface area contributed by atoms with Crippen molar-refractivity contribution in [3.63, 3.8) is 0 Å². The topological polar surface area (TPSA) is 67.0 Å². The van der Waals surface area contributed by atoms with E-state index in [2.05, 4.69) is 33.7 Å². The van der Waals surface area contributed by atoms with Crippen molar-refractivity contribution in [3.05, 3.63) is 48.0 Å². The van der Waals surface area contributed by atoms with Crippen LogP contribution in [0.1, 0.15) is 10.4 Å². The molecule has 5 nitrogen and oxygen atoms in total. The van der Waals surface area contributed by atoms with E-state index in [9.17, 15) is 4.79 Å². The summed E-state index contributed by atoms with van der Waals surface area (Å²) in [5.41, 5.74) is 2.18. The molecule has 0 aliphatic carbocycles. The zero-order valence-electron chi connectivity index (χ0n) is 15.0. The number of amides is 1. The van der Waals surface area contributed by atoms with Gasteiger partial charge in [0.25, 0.3) is 5.91 Å². The highest BCUT2D eigenvalue weighted by Gasteiger charge is 2.21. The molecule has 0 bridgehead atoms. The van der Waals surface area contributed by atoms with Crippen LogP contribution in [0.2, 0.25) is 0 Å². The van der Waals surface area contributed by atoms with Gasteiger partial charge in [-0.25, -0.2) is 0 Å². The molecule has 7 heteroatoms. The van der Waals surface area contributed by atoms with Crippen molar-refractivity contribution in [2.45, 2.75) is 0 Å². The summed E-state index contributed by atoms with van der Waals surface area (Å²) < 4.78 is 6.87. The van der Waals surface area contributed by atoms with Crippen molar-refractivity contribution in [2.24, 2.45) is 0 Å². The molecule has 0 spiro atoms. The van der Waals surface area contributed by atoms with Gasteiger partial charge in [0.1, 0.15) is 5.75 Å². The van der Waals surface area contributed by atoms with Crippen LogP contribution < -0.4 is 10.1 Å². The van der Waals surface area contributed by atoms with Gasteiger partial charge >= 0.3 is 0 Å². The van der Waals surface area contributed by atoms with Crippen molar-refractivity contribution in [1.82, 2.24) is 15.5 Å². The summed E-state index contributed by atoms with van der Waals surface area (Å²) in [5.74, 6) is 1.29. The van der Waals surface area contributed by atoms with Crippen LogP contribution in [-0.2, 0) is 0 Å². The SMILES string of the molecule is COc1c(C(=O)NCCSC)ccc2n[nH]c(-c3cc4ccccc4s3)c12. The van der Waals surface area contributed by atoms with E-state index in [1.54, 1.807) is 36.3 Å². The van der Waals surface area contributed by atoms with E-state index in [0.29, 0.717) is 17.9 Å². The maximum absolute atomic E-state index is 12.6. The van der Waals surface area contributed by atoms with Crippen molar-refractivity contribution in [2.75, 3.05) is 25.7 Å². The first-order valence-electron chi connectivity index (χ1n) is 8.54. The number of nitrogens with zero attached hydrogens (tertiary/aromatic N) is 1. The fourth-order valence-corrected chi connectivity index (χ4v) is 4.49. The van der Waals surface area contributed by atoms with Crippen LogP contribution in [0.25, 0.3) is 31.6 Å². The first-order valence-corrected chi connectivity index (χ1v) is 10.7. The van der Waals surface area contributed by atoms with E-state index in [1.165, 1.54) is 10.1 Å². The Morgan fingerprint density at radius 2 is 2.15 bits per heavy atom. The van der Waals surface area contributed by atoms with Gasteiger partial charge in [-0.1, -0.05) is 18.2 Å². The molecule has 2 aromatic carbocycles. The number of nitrogens with one attached hydrogen (secondary N) is 2. The number of rotatable bonds is 6. The highest BCUT2D eigenvalue weighted by Crippen LogP contribution is 2.40. The lowest BCUT2D eigenvalue weighted by atomic mass is 10.1. The predicted molar refractivity (Wildman–Crippen MR) is 114 cm³/mol. The number of thiophene rings is 1. The molecular formula is C20H19N3O2S2. The van der Waals surface area contributed by atoms with Gasteiger partial charge in [0.05, 0.1) is 34.1 Å². The van der Waals surface area contributed by atoms with Crippen LogP contribution in [0.4, 0.5) is 0 Å². The number of carbonyl (C=O) groups is 1. The molecule has 4 aromatic rings. The fraction of sp³-hybridized carbons (Fsp3) is 0.200. The Labute approximate surface area is 165 Å². The number of methoxy groups -OCH3 is 1. The molecule has 0 aliphatic heterocycles. The van der Waals surface area contributed by atoms with Crippen LogP contribution >= 0.6 is 23.1 Å². The Bertz CT molecular complexity index is 1080. The summed E-state index contributed by atoms with van der Waals surface area (Å²) in [6.45, 7) is 0.621. The van der Waals surface area contributed by atoms with E-state index in [0.717, 1.165) is 27.2 Å². The van der Waals surface area contributed by atoms with Crippen molar-refractivity contribution in [3.8, 4) is 16.3 Å². The largest absolute Gasteiger partial charge is 0.495 e. The van der Waals surface area contributed by atoms with Gasteiger partial charge < -0.3 is 10.1 Å². The quantitative estimate of drug-likeness (QED) is 0.469. The number of hydrogen-bond acceptors (Lipinski definition) is 5.